The molecule has 3 rings (SSSR count). The molecule has 13 heavy (non-hydrogen) atoms. The van der Waals surface area contributed by atoms with E-state index in [1.807, 2.05) is 0 Å². The SMILES string of the molecule is COC12CCC(C(=O)F)(CC1)CC2. The molecule has 3 saturated carbocycles. The number of carbonyl (C=O) groups is 1. The standard InChI is InChI=1S/C10H15FO2/c1-13-10-5-2-9(3-6-10,4-7-10)8(11)12/h2-7H2,1H3. The molecular weight excluding hydrogens is 171 g/mol. The lowest BCUT2D eigenvalue weighted by Gasteiger charge is -2.50. The van der Waals surface area contributed by atoms with Crippen LogP contribution in [-0.4, -0.2) is 18.7 Å². The maximum atomic E-state index is 12.8. The second kappa shape index (κ2) is 2.77. The molecule has 0 aliphatic heterocycles. The van der Waals surface area contributed by atoms with Crippen molar-refractivity contribution in [2.45, 2.75) is 44.1 Å². The van der Waals surface area contributed by atoms with Crippen LogP contribution in [-0.2, 0) is 9.53 Å². The predicted molar refractivity (Wildman–Crippen MR) is 46.0 cm³/mol. The van der Waals surface area contributed by atoms with Crippen LogP contribution in [0.15, 0.2) is 0 Å². The van der Waals surface area contributed by atoms with E-state index in [4.69, 9.17) is 4.74 Å². The molecule has 2 nitrogen and oxygen atoms in total. The van der Waals surface area contributed by atoms with Crippen molar-refractivity contribution in [1.82, 2.24) is 0 Å². The average Bonchev–Trinajstić information content (AvgIpc) is 2.20. The Labute approximate surface area is 77.5 Å². The summed E-state index contributed by atoms with van der Waals surface area (Å²) in [5.74, 6) is 0. The van der Waals surface area contributed by atoms with Gasteiger partial charge < -0.3 is 4.74 Å². The van der Waals surface area contributed by atoms with E-state index < -0.39 is 11.5 Å². The molecule has 74 valence electrons. The van der Waals surface area contributed by atoms with Gasteiger partial charge in [0.2, 0.25) is 0 Å². The molecule has 0 N–H and O–H groups in total. The second-order valence-electron chi connectivity index (χ2n) is 4.44. The third-order valence-corrected chi connectivity index (χ3v) is 4.03. The molecule has 0 radical (unpaired) electrons. The summed E-state index contributed by atoms with van der Waals surface area (Å²) in [7, 11) is 1.72. The highest BCUT2D eigenvalue weighted by molar-refractivity contribution is 5.76. The smallest absolute Gasteiger partial charge is 0.307 e. The van der Waals surface area contributed by atoms with Crippen molar-refractivity contribution < 1.29 is 13.9 Å². The van der Waals surface area contributed by atoms with Crippen molar-refractivity contribution in [2.75, 3.05) is 7.11 Å². The Kier molecular flexibility index (Phi) is 1.95. The number of hydrogen-bond acceptors (Lipinski definition) is 2. The van der Waals surface area contributed by atoms with Crippen molar-refractivity contribution in [2.24, 2.45) is 5.41 Å². The molecule has 3 aliphatic rings. The number of fused-ring (bicyclic) bond motifs is 3. The molecule has 0 saturated heterocycles. The topological polar surface area (TPSA) is 26.3 Å². The molecule has 0 unspecified atom stereocenters. The molecule has 0 amide bonds. The van der Waals surface area contributed by atoms with E-state index in [1.165, 1.54) is 0 Å². The second-order valence-corrected chi connectivity index (χ2v) is 4.44. The Bertz CT molecular complexity index is 213. The lowest BCUT2D eigenvalue weighted by atomic mass is 9.59. The fraction of sp³-hybridized carbons (Fsp3) is 0.900. The van der Waals surface area contributed by atoms with E-state index in [2.05, 4.69) is 0 Å². The minimum atomic E-state index is -1.10. The summed E-state index contributed by atoms with van der Waals surface area (Å²) in [6.45, 7) is 0. The monoisotopic (exact) mass is 186 g/mol. The zero-order chi connectivity index (χ0) is 9.53. The van der Waals surface area contributed by atoms with Gasteiger partial charge in [-0.15, -0.1) is 0 Å². The highest BCUT2D eigenvalue weighted by Gasteiger charge is 2.52. The van der Waals surface area contributed by atoms with Crippen molar-refractivity contribution in [1.29, 1.82) is 0 Å². The third kappa shape index (κ3) is 1.21. The largest absolute Gasteiger partial charge is 0.378 e. The van der Waals surface area contributed by atoms with Crippen LogP contribution in [0.1, 0.15) is 38.5 Å². The van der Waals surface area contributed by atoms with Gasteiger partial charge in [0, 0.05) is 7.11 Å². The summed E-state index contributed by atoms with van der Waals surface area (Å²) >= 11 is 0. The Hall–Kier alpha value is -0.440. The first-order valence-corrected chi connectivity index (χ1v) is 4.88. The van der Waals surface area contributed by atoms with Crippen molar-refractivity contribution >= 4 is 6.04 Å². The molecule has 3 fully saturated rings. The molecule has 2 bridgehead atoms. The number of hydrogen-bond donors (Lipinski definition) is 0. The minimum Gasteiger partial charge on any atom is -0.378 e. The lowest BCUT2D eigenvalue weighted by Crippen LogP contribution is -2.49. The summed E-state index contributed by atoms with van der Waals surface area (Å²) in [6, 6.07) is -1.10. The predicted octanol–water partition coefficient (Wildman–Crippen LogP) is 2.22. The number of halogens is 1. The van der Waals surface area contributed by atoms with Crippen LogP contribution in [0.3, 0.4) is 0 Å². The van der Waals surface area contributed by atoms with Crippen molar-refractivity contribution in [3.63, 3.8) is 0 Å². The van der Waals surface area contributed by atoms with Gasteiger partial charge in [0.25, 0.3) is 0 Å². The number of ether oxygens (including phenoxy) is 1. The van der Waals surface area contributed by atoms with Crippen LogP contribution in [0, 0.1) is 5.41 Å². The highest BCUT2D eigenvalue weighted by Crippen LogP contribution is 2.54. The maximum absolute atomic E-state index is 12.8. The average molecular weight is 186 g/mol. The van der Waals surface area contributed by atoms with E-state index in [0.29, 0.717) is 19.3 Å². The summed E-state index contributed by atoms with van der Waals surface area (Å²) in [4.78, 5) is 10.9. The molecule has 0 aromatic rings. The summed E-state index contributed by atoms with van der Waals surface area (Å²) in [5, 5.41) is 0. The Morgan fingerprint density at radius 2 is 1.62 bits per heavy atom. The van der Waals surface area contributed by atoms with Crippen LogP contribution in [0.5, 0.6) is 0 Å². The van der Waals surface area contributed by atoms with Crippen LogP contribution in [0.4, 0.5) is 4.39 Å². The Morgan fingerprint density at radius 1 is 1.15 bits per heavy atom. The fourth-order valence-electron chi connectivity index (χ4n) is 2.75. The van der Waals surface area contributed by atoms with Gasteiger partial charge in [-0.3, -0.25) is 4.79 Å². The molecule has 0 aromatic carbocycles. The van der Waals surface area contributed by atoms with Gasteiger partial charge in [-0.25, -0.2) is 0 Å². The van der Waals surface area contributed by atoms with Crippen LogP contribution < -0.4 is 0 Å². The molecule has 0 heterocycles. The Balaban J connectivity index is 2.16. The minimum absolute atomic E-state index is 0.0306. The van der Waals surface area contributed by atoms with E-state index >= 15 is 0 Å². The van der Waals surface area contributed by atoms with E-state index in [1.54, 1.807) is 7.11 Å². The van der Waals surface area contributed by atoms with Crippen LogP contribution in [0.2, 0.25) is 0 Å². The van der Waals surface area contributed by atoms with E-state index in [9.17, 15) is 9.18 Å². The first-order valence-electron chi connectivity index (χ1n) is 4.88. The first-order chi connectivity index (χ1) is 6.13. The highest BCUT2D eigenvalue weighted by atomic mass is 19.1. The summed E-state index contributed by atoms with van der Waals surface area (Å²) < 4.78 is 18.3. The van der Waals surface area contributed by atoms with E-state index in [-0.39, 0.29) is 5.60 Å². The quantitative estimate of drug-likeness (QED) is 0.618. The number of methoxy groups -OCH3 is 1. The maximum Gasteiger partial charge on any atom is 0.307 e. The van der Waals surface area contributed by atoms with Gasteiger partial charge in [-0.1, -0.05) is 0 Å². The molecule has 0 aromatic heterocycles. The normalized spacial score (nSPS) is 43.5. The van der Waals surface area contributed by atoms with Crippen LogP contribution in [0.25, 0.3) is 0 Å². The van der Waals surface area contributed by atoms with E-state index in [0.717, 1.165) is 19.3 Å². The fourth-order valence-corrected chi connectivity index (χ4v) is 2.75. The van der Waals surface area contributed by atoms with Gasteiger partial charge in [-0.2, -0.15) is 4.39 Å². The first kappa shape index (κ1) is 9.13. The van der Waals surface area contributed by atoms with Gasteiger partial charge in [0.1, 0.15) is 0 Å². The molecule has 0 spiro atoms. The third-order valence-electron chi connectivity index (χ3n) is 4.03. The number of rotatable bonds is 2. The number of carbonyl (C=O) groups excluding carboxylic acids is 1. The van der Waals surface area contributed by atoms with Gasteiger partial charge in [0.05, 0.1) is 11.0 Å². The van der Waals surface area contributed by atoms with Gasteiger partial charge in [-0.05, 0) is 38.5 Å². The summed E-state index contributed by atoms with van der Waals surface area (Å²) in [5.41, 5.74) is -0.655. The van der Waals surface area contributed by atoms with Gasteiger partial charge >= 0.3 is 6.04 Å². The van der Waals surface area contributed by atoms with Gasteiger partial charge in [0.15, 0.2) is 0 Å². The van der Waals surface area contributed by atoms with Crippen molar-refractivity contribution in [3.8, 4) is 0 Å². The molecule has 3 aliphatic carbocycles. The lowest BCUT2D eigenvalue weighted by molar-refractivity contribution is -0.161. The van der Waals surface area contributed by atoms with Crippen LogP contribution >= 0.6 is 0 Å². The molecule has 3 heteroatoms. The summed E-state index contributed by atoms with van der Waals surface area (Å²) in [6.07, 6.45) is 4.57. The molecule has 0 atom stereocenters. The molecular formula is C10H15FO2. The zero-order valence-corrected chi connectivity index (χ0v) is 7.94. The van der Waals surface area contributed by atoms with Crippen molar-refractivity contribution in [3.05, 3.63) is 0 Å². The zero-order valence-electron chi connectivity index (χ0n) is 7.94. The Morgan fingerprint density at radius 3 is 1.92 bits per heavy atom.